The summed E-state index contributed by atoms with van der Waals surface area (Å²) in [7, 11) is 0. The van der Waals surface area contributed by atoms with Crippen molar-refractivity contribution in [2.75, 3.05) is 10.6 Å². The number of para-hydroxylation sites is 1. The fourth-order valence-corrected chi connectivity index (χ4v) is 5.33. The molecule has 0 heterocycles. The van der Waals surface area contributed by atoms with E-state index in [-0.39, 0.29) is 5.41 Å². The second kappa shape index (κ2) is 8.18. The molecule has 2 N–H and O–H groups in total. The van der Waals surface area contributed by atoms with Crippen molar-refractivity contribution in [2.24, 2.45) is 0 Å². The van der Waals surface area contributed by atoms with Crippen molar-refractivity contribution >= 4 is 22.7 Å². The van der Waals surface area contributed by atoms with E-state index in [0.29, 0.717) is 0 Å². The van der Waals surface area contributed by atoms with E-state index in [9.17, 15) is 0 Å². The molecule has 0 aromatic heterocycles. The Hall–Kier alpha value is -4.30. The van der Waals surface area contributed by atoms with Crippen LogP contribution < -0.4 is 10.6 Å². The minimum atomic E-state index is -0.0384. The number of fused-ring (bicyclic) bond motifs is 3. The van der Waals surface area contributed by atoms with Gasteiger partial charge in [-0.05, 0) is 81.9 Å². The van der Waals surface area contributed by atoms with Gasteiger partial charge in [-0.1, -0.05) is 86.6 Å². The van der Waals surface area contributed by atoms with Gasteiger partial charge in [-0.2, -0.15) is 0 Å². The lowest BCUT2D eigenvalue weighted by molar-refractivity contribution is 0.660. The van der Waals surface area contributed by atoms with Crippen LogP contribution in [0.25, 0.3) is 22.3 Å². The van der Waals surface area contributed by atoms with E-state index < -0.39 is 0 Å². The van der Waals surface area contributed by atoms with Gasteiger partial charge in [0, 0.05) is 28.2 Å². The van der Waals surface area contributed by atoms with Gasteiger partial charge in [0.15, 0.2) is 0 Å². The first-order chi connectivity index (χ1) is 17.0. The van der Waals surface area contributed by atoms with Crippen molar-refractivity contribution < 1.29 is 0 Å². The molecule has 5 aromatic carbocycles. The molecule has 0 unspecified atom stereocenters. The first kappa shape index (κ1) is 21.2. The molecule has 1 aliphatic rings. The molecular weight excluding hydrogens is 424 g/mol. The molecule has 0 saturated heterocycles. The highest BCUT2D eigenvalue weighted by atomic mass is 15.1. The van der Waals surface area contributed by atoms with Crippen LogP contribution in [0.2, 0.25) is 0 Å². The predicted molar refractivity (Wildman–Crippen MR) is 149 cm³/mol. The zero-order chi connectivity index (χ0) is 24.0. The lowest BCUT2D eigenvalue weighted by Crippen LogP contribution is -2.16. The third-order valence-electron chi connectivity index (χ3n) is 7.21. The van der Waals surface area contributed by atoms with E-state index in [2.05, 4.69) is 128 Å². The standard InChI is InChI=1S/C33H28N2/c1-33(2)31-11-7-6-10-29(31)30-21-20-28(22-32(30)33)35(26-8-4-3-5-9-26)27-18-14-24(15-19-27)23-12-16-25(34)17-13-23/h3-22H,34H2,1-2H3. The molecule has 0 bridgehead atoms. The van der Waals surface area contributed by atoms with Gasteiger partial charge in [-0.3, -0.25) is 0 Å². The Bertz CT molecular complexity index is 1500. The fraction of sp³-hybridized carbons (Fsp3) is 0.0909. The summed E-state index contributed by atoms with van der Waals surface area (Å²) in [5, 5.41) is 0. The Morgan fingerprint density at radius 3 is 1.77 bits per heavy atom. The van der Waals surface area contributed by atoms with Crippen LogP contribution in [-0.2, 0) is 5.41 Å². The molecule has 6 rings (SSSR count). The van der Waals surface area contributed by atoms with Crippen LogP contribution >= 0.6 is 0 Å². The summed E-state index contributed by atoms with van der Waals surface area (Å²) in [6.45, 7) is 4.66. The molecule has 35 heavy (non-hydrogen) atoms. The number of hydrogen-bond donors (Lipinski definition) is 1. The van der Waals surface area contributed by atoms with E-state index in [4.69, 9.17) is 5.73 Å². The van der Waals surface area contributed by atoms with Gasteiger partial charge in [0.2, 0.25) is 0 Å². The molecule has 0 amide bonds. The van der Waals surface area contributed by atoms with Gasteiger partial charge < -0.3 is 10.6 Å². The highest BCUT2D eigenvalue weighted by Gasteiger charge is 2.35. The number of hydrogen-bond acceptors (Lipinski definition) is 2. The molecule has 0 saturated carbocycles. The zero-order valence-corrected chi connectivity index (χ0v) is 20.1. The van der Waals surface area contributed by atoms with E-state index in [1.165, 1.54) is 27.8 Å². The second-order valence-corrected chi connectivity index (χ2v) is 9.74. The SMILES string of the molecule is CC1(C)c2ccccc2-c2ccc(N(c3ccccc3)c3ccc(-c4ccc(N)cc4)cc3)cc21. The number of nitrogens with two attached hydrogens (primary N) is 1. The third-order valence-corrected chi connectivity index (χ3v) is 7.21. The topological polar surface area (TPSA) is 29.3 Å². The molecule has 2 nitrogen and oxygen atoms in total. The molecule has 0 fully saturated rings. The summed E-state index contributed by atoms with van der Waals surface area (Å²) in [4.78, 5) is 2.34. The minimum Gasteiger partial charge on any atom is -0.399 e. The van der Waals surface area contributed by atoms with E-state index in [1.54, 1.807) is 0 Å². The maximum absolute atomic E-state index is 5.88. The lowest BCUT2D eigenvalue weighted by atomic mass is 9.82. The largest absolute Gasteiger partial charge is 0.399 e. The van der Waals surface area contributed by atoms with Gasteiger partial charge in [0.25, 0.3) is 0 Å². The first-order valence-corrected chi connectivity index (χ1v) is 12.1. The Balaban J connectivity index is 1.45. The van der Waals surface area contributed by atoms with Crippen molar-refractivity contribution in [3.8, 4) is 22.3 Å². The Morgan fingerprint density at radius 1 is 0.514 bits per heavy atom. The Morgan fingerprint density at radius 2 is 1.06 bits per heavy atom. The summed E-state index contributed by atoms with van der Waals surface area (Å²) in [6, 6.07) is 43.1. The van der Waals surface area contributed by atoms with E-state index in [0.717, 1.165) is 28.3 Å². The molecule has 1 aliphatic carbocycles. The van der Waals surface area contributed by atoms with Crippen LogP contribution in [0.15, 0.2) is 121 Å². The van der Waals surface area contributed by atoms with Crippen molar-refractivity contribution in [1.29, 1.82) is 0 Å². The Labute approximate surface area is 207 Å². The van der Waals surface area contributed by atoms with Crippen LogP contribution in [0.4, 0.5) is 22.7 Å². The third kappa shape index (κ3) is 3.59. The van der Waals surface area contributed by atoms with Crippen LogP contribution in [0.5, 0.6) is 0 Å². The summed E-state index contributed by atoms with van der Waals surface area (Å²) in [5.74, 6) is 0. The highest BCUT2D eigenvalue weighted by Crippen LogP contribution is 2.50. The normalized spacial score (nSPS) is 13.2. The van der Waals surface area contributed by atoms with Crippen LogP contribution in [0.3, 0.4) is 0 Å². The summed E-state index contributed by atoms with van der Waals surface area (Å²) in [6.07, 6.45) is 0. The van der Waals surface area contributed by atoms with Crippen molar-refractivity contribution in [2.45, 2.75) is 19.3 Å². The number of benzene rings is 5. The fourth-order valence-electron chi connectivity index (χ4n) is 5.33. The molecular formula is C33H28N2. The van der Waals surface area contributed by atoms with Crippen molar-refractivity contribution in [3.05, 3.63) is 132 Å². The van der Waals surface area contributed by atoms with E-state index >= 15 is 0 Å². The van der Waals surface area contributed by atoms with Crippen molar-refractivity contribution in [1.82, 2.24) is 0 Å². The highest BCUT2D eigenvalue weighted by molar-refractivity contribution is 5.85. The molecule has 0 spiro atoms. The van der Waals surface area contributed by atoms with Gasteiger partial charge in [0.1, 0.15) is 0 Å². The lowest BCUT2D eigenvalue weighted by Gasteiger charge is -2.28. The molecule has 170 valence electrons. The van der Waals surface area contributed by atoms with Crippen LogP contribution in [-0.4, -0.2) is 0 Å². The quantitative estimate of drug-likeness (QED) is 0.276. The maximum atomic E-state index is 5.88. The van der Waals surface area contributed by atoms with Gasteiger partial charge in [0.05, 0.1) is 0 Å². The van der Waals surface area contributed by atoms with Crippen LogP contribution in [0.1, 0.15) is 25.0 Å². The smallest absolute Gasteiger partial charge is 0.0465 e. The number of rotatable bonds is 4. The molecule has 0 aliphatic heterocycles. The summed E-state index contributed by atoms with van der Waals surface area (Å²) < 4.78 is 0. The molecule has 5 aromatic rings. The summed E-state index contributed by atoms with van der Waals surface area (Å²) >= 11 is 0. The number of anilines is 4. The van der Waals surface area contributed by atoms with Gasteiger partial charge >= 0.3 is 0 Å². The monoisotopic (exact) mass is 452 g/mol. The average molecular weight is 453 g/mol. The molecule has 2 heteroatoms. The van der Waals surface area contributed by atoms with Crippen molar-refractivity contribution in [3.63, 3.8) is 0 Å². The number of nitrogens with zero attached hydrogens (tertiary/aromatic N) is 1. The maximum Gasteiger partial charge on any atom is 0.0465 e. The predicted octanol–water partition coefficient (Wildman–Crippen LogP) is 8.71. The Kier molecular flexibility index (Phi) is 4.96. The van der Waals surface area contributed by atoms with Crippen LogP contribution in [0, 0.1) is 0 Å². The van der Waals surface area contributed by atoms with Gasteiger partial charge in [-0.25, -0.2) is 0 Å². The first-order valence-electron chi connectivity index (χ1n) is 12.1. The molecule has 0 atom stereocenters. The average Bonchev–Trinajstić information content (AvgIpc) is 3.12. The van der Waals surface area contributed by atoms with Gasteiger partial charge in [-0.15, -0.1) is 0 Å². The van der Waals surface area contributed by atoms with E-state index in [1.807, 2.05) is 12.1 Å². The minimum absolute atomic E-state index is 0.0384. The molecule has 0 radical (unpaired) electrons. The summed E-state index contributed by atoms with van der Waals surface area (Å²) in [5.41, 5.74) is 17.8. The zero-order valence-electron chi connectivity index (χ0n) is 20.1. The second-order valence-electron chi connectivity index (χ2n) is 9.74. The number of nitrogen functional groups attached to an aromatic ring is 1.